The van der Waals surface area contributed by atoms with Gasteiger partial charge in [0.05, 0.1) is 13.1 Å². The fourth-order valence-electron chi connectivity index (χ4n) is 2.88. The Bertz CT molecular complexity index is 987. The van der Waals surface area contributed by atoms with Crippen LogP contribution in [0.3, 0.4) is 0 Å². The number of urea groups is 1. The lowest BCUT2D eigenvalue weighted by Crippen LogP contribution is -2.37. The number of rotatable bonds is 5. The largest absolute Gasteiger partial charge is 0.442 e. The number of nitrogens with two attached hydrogens (primary N) is 1. The number of hydrogen-bond donors (Lipinski definition) is 2. The molecule has 1 aliphatic heterocycles. The van der Waals surface area contributed by atoms with E-state index in [9.17, 15) is 9.59 Å². The van der Waals surface area contributed by atoms with E-state index in [2.05, 4.69) is 15.5 Å². The molecular weight excluding hydrogens is 362 g/mol. The summed E-state index contributed by atoms with van der Waals surface area (Å²) in [5, 5.41) is 6.44. The minimum absolute atomic E-state index is 0.167. The molecule has 2 aromatic carbocycles. The third-order valence-electron chi connectivity index (χ3n) is 4.26. The molecule has 3 aromatic rings. The number of nitrogens with one attached hydrogen (secondary N) is 1. The van der Waals surface area contributed by atoms with Crippen molar-refractivity contribution in [1.29, 1.82) is 0 Å². The average molecular weight is 379 g/mol. The SMILES string of the molecule is NC(=O)NCC1CN(c2ccc(-c3nc(-c4ccccc4)no3)cc2)C(=O)O1. The number of carbonyl (C=O) groups is 2. The highest BCUT2D eigenvalue weighted by Gasteiger charge is 2.32. The van der Waals surface area contributed by atoms with Crippen LogP contribution in [0.5, 0.6) is 0 Å². The summed E-state index contributed by atoms with van der Waals surface area (Å²) in [5.41, 5.74) is 7.30. The van der Waals surface area contributed by atoms with Gasteiger partial charge in [0.2, 0.25) is 5.82 Å². The number of carbonyl (C=O) groups excluding carboxylic acids is 2. The van der Waals surface area contributed by atoms with Gasteiger partial charge in [-0.3, -0.25) is 4.90 Å². The van der Waals surface area contributed by atoms with Gasteiger partial charge in [-0.15, -0.1) is 0 Å². The van der Waals surface area contributed by atoms with Gasteiger partial charge in [0.25, 0.3) is 5.89 Å². The Kier molecular flexibility index (Phi) is 4.63. The molecule has 2 heterocycles. The van der Waals surface area contributed by atoms with Crippen LogP contribution in [-0.2, 0) is 4.74 Å². The van der Waals surface area contributed by atoms with Gasteiger partial charge in [-0.05, 0) is 24.3 Å². The molecule has 0 radical (unpaired) electrons. The highest BCUT2D eigenvalue weighted by Crippen LogP contribution is 2.26. The zero-order valence-corrected chi connectivity index (χ0v) is 14.7. The standard InChI is InChI=1S/C19H17N5O4/c20-18(25)21-10-15-11-24(19(26)27-15)14-8-6-13(7-9-14)17-22-16(23-28-17)12-4-2-1-3-5-12/h1-9,15H,10-11H2,(H3,20,21,25). The number of primary amides is 1. The number of amides is 3. The fraction of sp³-hybridized carbons (Fsp3) is 0.158. The van der Waals surface area contributed by atoms with Crippen LogP contribution in [0, 0.1) is 0 Å². The van der Waals surface area contributed by atoms with Gasteiger partial charge < -0.3 is 20.3 Å². The van der Waals surface area contributed by atoms with Gasteiger partial charge in [0.1, 0.15) is 6.10 Å². The van der Waals surface area contributed by atoms with Crippen molar-refractivity contribution in [3.63, 3.8) is 0 Å². The molecule has 1 aliphatic rings. The van der Waals surface area contributed by atoms with E-state index in [1.165, 1.54) is 4.90 Å². The number of anilines is 1. The summed E-state index contributed by atoms with van der Waals surface area (Å²) in [5.74, 6) is 0.894. The number of ether oxygens (including phenoxy) is 1. The Hall–Kier alpha value is -3.88. The smallest absolute Gasteiger partial charge is 0.414 e. The van der Waals surface area contributed by atoms with E-state index >= 15 is 0 Å². The highest BCUT2D eigenvalue weighted by molar-refractivity contribution is 5.90. The Morgan fingerprint density at radius 3 is 2.61 bits per heavy atom. The summed E-state index contributed by atoms with van der Waals surface area (Å²) in [6.45, 7) is 0.483. The Labute approximate surface area is 160 Å². The van der Waals surface area contributed by atoms with Gasteiger partial charge in [-0.2, -0.15) is 4.98 Å². The summed E-state index contributed by atoms with van der Waals surface area (Å²) >= 11 is 0. The van der Waals surface area contributed by atoms with E-state index in [1.807, 2.05) is 30.3 Å². The van der Waals surface area contributed by atoms with Gasteiger partial charge >= 0.3 is 12.1 Å². The molecule has 28 heavy (non-hydrogen) atoms. The van der Waals surface area contributed by atoms with Crippen LogP contribution < -0.4 is 16.0 Å². The van der Waals surface area contributed by atoms with Crippen molar-refractivity contribution in [2.75, 3.05) is 18.0 Å². The third kappa shape index (κ3) is 3.63. The Morgan fingerprint density at radius 1 is 1.14 bits per heavy atom. The first kappa shape index (κ1) is 17.5. The van der Waals surface area contributed by atoms with E-state index in [-0.39, 0.29) is 6.54 Å². The lowest BCUT2D eigenvalue weighted by molar-refractivity contribution is 0.141. The van der Waals surface area contributed by atoms with Crippen molar-refractivity contribution in [2.45, 2.75) is 6.10 Å². The van der Waals surface area contributed by atoms with Gasteiger partial charge in [0, 0.05) is 16.8 Å². The van der Waals surface area contributed by atoms with Crippen molar-refractivity contribution in [3.05, 3.63) is 54.6 Å². The minimum Gasteiger partial charge on any atom is -0.442 e. The van der Waals surface area contributed by atoms with Crippen molar-refractivity contribution in [1.82, 2.24) is 15.5 Å². The number of benzene rings is 2. The van der Waals surface area contributed by atoms with Crippen molar-refractivity contribution < 1.29 is 18.8 Å². The van der Waals surface area contributed by atoms with Gasteiger partial charge in [0.15, 0.2) is 0 Å². The molecule has 9 heteroatoms. The first-order valence-corrected chi connectivity index (χ1v) is 8.61. The molecular formula is C19H17N5O4. The number of aromatic nitrogens is 2. The molecule has 0 aliphatic carbocycles. The van der Waals surface area contributed by atoms with E-state index in [0.29, 0.717) is 23.9 Å². The molecule has 142 valence electrons. The first-order valence-electron chi connectivity index (χ1n) is 8.61. The van der Waals surface area contributed by atoms with E-state index < -0.39 is 18.2 Å². The lowest BCUT2D eigenvalue weighted by atomic mass is 10.2. The highest BCUT2D eigenvalue weighted by atomic mass is 16.6. The zero-order valence-electron chi connectivity index (χ0n) is 14.7. The van der Waals surface area contributed by atoms with Crippen LogP contribution in [0.2, 0.25) is 0 Å². The van der Waals surface area contributed by atoms with Crippen LogP contribution in [0.4, 0.5) is 15.3 Å². The molecule has 4 rings (SSSR count). The van der Waals surface area contributed by atoms with Gasteiger partial charge in [-0.25, -0.2) is 9.59 Å². The summed E-state index contributed by atoms with van der Waals surface area (Å²) in [4.78, 5) is 28.8. The fourth-order valence-corrected chi connectivity index (χ4v) is 2.88. The summed E-state index contributed by atoms with van der Waals surface area (Å²) in [6.07, 6.45) is -0.933. The van der Waals surface area contributed by atoms with Crippen LogP contribution in [0.1, 0.15) is 0 Å². The third-order valence-corrected chi connectivity index (χ3v) is 4.26. The second kappa shape index (κ2) is 7.39. The summed E-state index contributed by atoms with van der Waals surface area (Å²) < 4.78 is 10.6. The second-order valence-corrected chi connectivity index (χ2v) is 6.20. The van der Waals surface area contributed by atoms with Crippen LogP contribution in [0.25, 0.3) is 22.8 Å². The lowest BCUT2D eigenvalue weighted by Gasteiger charge is -2.13. The normalized spacial score (nSPS) is 16.1. The topological polar surface area (TPSA) is 124 Å². The molecule has 1 saturated heterocycles. The molecule has 0 spiro atoms. The maximum absolute atomic E-state index is 12.1. The summed E-state index contributed by atoms with van der Waals surface area (Å²) in [6, 6.07) is 16.0. The van der Waals surface area contributed by atoms with Crippen molar-refractivity contribution in [3.8, 4) is 22.8 Å². The van der Waals surface area contributed by atoms with Crippen molar-refractivity contribution >= 4 is 17.8 Å². The van der Waals surface area contributed by atoms with E-state index in [4.69, 9.17) is 15.0 Å². The minimum atomic E-state index is -0.659. The Balaban J connectivity index is 1.47. The number of nitrogens with zero attached hydrogens (tertiary/aromatic N) is 3. The predicted molar refractivity (Wildman–Crippen MR) is 100 cm³/mol. The molecule has 1 fully saturated rings. The predicted octanol–water partition coefficient (Wildman–Crippen LogP) is 2.40. The molecule has 0 bridgehead atoms. The molecule has 0 saturated carbocycles. The molecule has 1 atom stereocenters. The summed E-state index contributed by atoms with van der Waals surface area (Å²) in [7, 11) is 0. The maximum Gasteiger partial charge on any atom is 0.414 e. The zero-order chi connectivity index (χ0) is 19.5. The van der Waals surface area contributed by atoms with Crippen LogP contribution in [0.15, 0.2) is 59.1 Å². The molecule has 9 nitrogen and oxygen atoms in total. The van der Waals surface area contributed by atoms with Crippen LogP contribution >= 0.6 is 0 Å². The van der Waals surface area contributed by atoms with Gasteiger partial charge in [-0.1, -0.05) is 35.5 Å². The number of cyclic esters (lactones) is 1. The monoisotopic (exact) mass is 379 g/mol. The first-order chi connectivity index (χ1) is 13.6. The van der Waals surface area contributed by atoms with Crippen LogP contribution in [-0.4, -0.2) is 41.5 Å². The molecule has 1 aromatic heterocycles. The average Bonchev–Trinajstić information content (AvgIpc) is 3.34. The van der Waals surface area contributed by atoms with E-state index in [1.54, 1.807) is 24.3 Å². The Morgan fingerprint density at radius 2 is 1.89 bits per heavy atom. The molecule has 3 amide bonds. The maximum atomic E-state index is 12.1. The number of hydrogen-bond acceptors (Lipinski definition) is 6. The second-order valence-electron chi connectivity index (χ2n) is 6.20. The van der Waals surface area contributed by atoms with Crippen molar-refractivity contribution in [2.24, 2.45) is 5.73 Å². The quantitative estimate of drug-likeness (QED) is 0.701. The molecule has 1 unspecified atom stereocenters. The molecule has 3 N–H and O–H groups in total. The van der Waals surface area contributed by atoms with E-state index in [0.717, 1.165) is 11.1 Å².